The Morgan fingerprint density at radius 2 is 1.67 bits per heavy atom. The van der Waals surface area contributed by atoms with E-state index in [9.17, 15) is 44.3 Å². The Bertz CT molecular complexity index is 1520. The molecule has 0 atom stereocenters. The van der Waals surface area contributed by atoms with Gasteiger partial charge in [-0.05, 0) is 63.3 Å². The lowest BCUT2D eigenvalue weighted by Gasteiger charge is -2.30. The molecule has 0 spiro atoms. The molecule has 1 aliphatic rings. The van der Waals surface area contributed by atoms with Crippen LogP contribution in [0.15, 0.2) is 24.3 Å². The van der Waals surface area contributed by atoms with Crippen LogP contribution in [-0.2, 0) is 31.1 Å². The van der Waals surface area contributed by atoms with Gasteiger partial charge in [0.15, 0.2) is 17.9 Å². The van der Waals surface area contributed by atoms with Gasteiger partial charge in [0, 0.05) is 31.7 Å². The fourth-order valence-electron chi connectivity index (χ4n) is 5.08. The molecule has 0 bridgehead atoms. The van der Waals surface area contributed by atoms with Crippen molar-refractivity contribution in [3.8, 4) is 5.88 Å². The van der Waals surface area contributed by atoms with Crippen LogP contribution >= 0.6 is 0 Å². The second kappa shape index (κ2) is 13.5. The summed E-state index contributed by atoms with van der Waals surface area (Å²) >= 11 is 0. The van der Waals surface area contributed by atoms with Crippen LogP contribution in [0.25, 0.3) is 11.2 Å². The van der Waals surface area contributed by atoms with Crippen molar-refractivity contribution in [2.75, 3.05) is 11.9 Å². The largest absolute Gasteiger partial charge is 0.471 e. The molecule has 4 rings (SSSR count). The average molecular weight is 669 g/mol. The van der Waals surface area contributed by atoms with Crippen molar-refractivity contribution in [1.29, 1.82) is 0 Å². The molecule has 3 N–H and O–H groups in total. The van der Waals surface area contributed by atoms with Gasteiger partial charge in [-0.3, -0.25) is 9.36 Å². The quantitative estimate of drug-likeness (QED) is 0.192. The lowest BCUT2D eigenvalue weighted by atomic mass is 9.85. The van der Waals surface area contributed by atoms with E-state index in [2.05, 4.69) is 25.9 Å². The van der Waals surface area contributed by atoms with E-state index < -0.39 is 54.1 Å². The van der Waals surface area contributed by atoms with Gasteiger partial charge in [0.2, 0.25) is 11.8 Å². The summed E-state index contributed by atoms with van der Waals surface area (Å²) in [7, 11) is 1.43. The van der Waals surface area contributed by atoms with Crippen LogP contribution in [0, 0.1) is 5.92 Å². The van der Waals surface area contributed by atoms with E-state index in [1.54, 1.807) is 0 Å². The maximum Gasteiger partial charge on any atom is 0.418 e. The summed E-state index contributed by atoms with van der Waals surface area (Å²) in [6.45, 7) is 0.820. The number of nitrogens with zero attached hydrogens (tertiary/aromatic N) is 3. The molecule has 0 saturated heterocycles. The summed E-state index contributed by atoms with van der Waals surface area (Å²) in [5.74, 6) is -2.63. The van der Waals surface area contributed by atoms with Gasteiger partial charge < -0.3 is 20.7 Å². The smallest absolute Gasteiger partial charge is 0.418 e. The van der Waals surface area contributed by atoms with Gasteiger partial charge >= 0.3 is 12.4 Å². The molecule has 1 amide bonds. The van der Waals surface area contributed by atoms with E-state index in [0.717, 1.165) is 32.0 Å². The topological polar surface area (TPSA) is 93.1 Å². The van der Waals surface area contributed by atoms with Crippen LogP contribution < -0.4 is 20.7 Å². The zero-order chi connectivity index (χ0) is 34.0. The number of benzene rings is 1. The Morgan fingerprint density at radius 3 is 2.26 bits per heavy atom. The normalized spacial score (nSPS) is 17.8. The summed E-state index contributed by atoms with van der Waals surface area (Å²) < 4.78 is 127. The summed E-state index contributed by atoms with van der Waals surface area (Å²) in [6, 6.07) is 4.25. The molecule has 0 unspecified atom stereocenters. The number of fused-ring (bicyclic) bond motifs is 1. The summed E-state index contributed by atoms with van der Waals surface area (Å²) in [5, 5.41) is 8.06. The third-order valence-corrected chi connectivity index (χ3v) is 7.63. The van der Waals surface area contributed by atoms with Crippen molar-refractivity contribution in [3.05, 3.63) is 41.0 Å². The maximum atomic E-state index is 13.9. The molecule has 0 aliphatic heterocycles. The molecule has 46 heavy (non-hydrogen) atoms. The fraction of sp³-hybridized carbons (Fsp3) is 0.552. The summed E-state index contributed by atoms with van der Waals surface area (Å²) in [4.78, 5) is 20.5. The Labute approximate surface area is 258 Å². The molecule has 17 heteroatoms. The third kappa shape index (κ3) is 8.73. The number of hydrogen-bond acceptors (Lipinski definition) is 6. The second-order valence-corrected chi connectivity index (χ2v) is 11.6. The van der Waals surface area contributed by atoms with E-state index in [4.69, 9.17) is 4.74 Å². The van der Waals surface area contributed by atoms with Gasteiger partial charge in [0.25, 0.3) is 12.3 Å². The predicted octanol–water partition coefficient (Wildman–Crippen LogP) is 6.95. The number of alkyl halides is 9. The first-order valence-corrected chi connectivity index (χ1v) is 14.3. The van der Waals surface area contributed by atoms with Crippen LogP contribution in [0.1, 0.15) is 56.2 Å². The van der Waals surface area contributed by atoms with Gasteiger partial charge in [0.05, 0.1) is 17.2 Å². The molecule has 0 radical (unpaired) electrons. The monoisotopic (exact) mass is 668 g/mol. The highest BCUT2D eigenvalue weighted by Crippen LogP contribution is 2.39. The molecular formula is C29H33F9N6O2. The molecule has 2 aromatic heterocycles. The van der Waals surface area contributed by atoms with Crippen molar-refractivity contribution in [2.45, 2.75) is 83.1 Å². The molecule has 1 aliphatic carbocycles. The molecule has 1 saturated carbocycles. The first-order chi connectivity index (χ1) is 21.3. The van der Waals surface area contributed by atoms with Crippen molar-refractivity contribution >= 4 is 28.7 Å². The predicted molar refractivity (Wildman–Crippen MR) is 150 cm³/mol. The SMILES string of the molecule is Cn1c(Nc2cc(CNC(=O)C(C)(C)F)ccc2C(F)(F)F)nc2cc(CNC3CCC(C(F)(F)F)CC3)c(OCC(F)F)nc21. The van der Waals surface area contributed by atoms with Gasteiger partial charge in [-0.15, -0.1) is 0 Å². The number of aryl methyl sites for hydroxylation is 1. The summed E-state index contributed by atoms with van der Waals surface area (Å²) in [6.07, 6.45) is -11.5. The number of amides is 1. The number of aromatic nitrogens is 3. The highest BCUT2D eigenvalue weighted by atomic mass is 19.4. The summed E-state index contributed by atoms with van der Waals surface area (Å²) in [5.41, 5.74) is -2.92. The van der Waals surface area contributed by atoms with Gasteiger partial charge in [-0.2, -0.15) is 31.3 Å². The van der Waals surface area contributed by atoms with Crippen molar-refractivity contribution in [2.24, 2.45) is 13.0 Å². The second-order valence-electron chi connectivity index (χ2n) is 11.6. The van der Waals surface area contributed by atoms with E-state index in [0.29, 0.717) is 0 Å². The van der Waals surface area contributed by atoms with Crippen LogP contribution in [-0.4, -0.2) is 51.4 Å². The number of carbonyl (C=O) groups excluding carboxylic acids is 1. The first kappa shape index (κ1) is 35.1. The number of imidazole rings is 1. The van der Waals surface area contributed by atoms with Crippen LogP contribution in [0.3, 0.4) is 0 Å². The minimum Gasteiger partial charge on any atom is -0.471 e. The zero-order valence-corrected chi connectivity index (χ0v) is 25.1. The number of halogens is 9. The molecule has 8 nitrogen and oxygen atoms in total. The Kier molecular flexibility index (Phi) is 10.3. The first-order valence-electron chi connectivity index (χ1n) is 14.3. The fourth-order valence-corrected chi connectivity index (χ4v) is 5.08. The van der Waals surface area contributed by atoms with Gasteiger partial charge in [-0.1, -0.05) is 6.07 Å². The number of rotatable bonds is 11. The average Bonchev–Trinajstić information content (AvgIpc) is 3.25. The van der Waals surface area contributed by atoms with Crippen LogP contribution in [0.2, 0.25) is 0 Å². The maximum absolute atomic E-state index is 13.9. The minimum absolute atomic E-state index is 0.00384. The van der Waals surface area contributed by atoms with E-state index in [1.807, 2.05) is 0 Å². The molecular weight excluding hydrogens is 635 g/mol. The van der Waals surface area contributed by atoms with E-state index >= 15 is 0 Å². The Hall–Kier alpha value is -3.76. The number of anilines is 2. The number of pyridine rings is 1. The Morgan fingerprint density at radius 1 is 1.00 bits per heavy atom. The number of ether oxygens (including phenoxy) is 1. The lowest BCUT2D eigenvalue weighted by molar-refractivity contribution is -0.182. The third-order valence-electron chi connectivity index (χ3n) is 7.63. The van der Waals surface area contributed by atoms with Gasteiger partial charge in [0.1, 0.15) is 5.52 Å². The standard InChI is InChI=1S/C29H33F9N6O2/c1-27(2,32)25(45)40-12-15-4-9-19(29(36,37)38)20(10-15)41-26-42-21-11-16(24(46-14-22(30)31)43-23(21)44(26)3)13-39-18-7-5-17(6-8-18)28(33,34)35/h4,9-11,17-18,22,39H,5-8,12-14H2,1-3H3,(H,40,45)(H,41,42). The lowest BCUT2D eigenvalue weighted by Crippen LogP contribution is -2.38. The minimum atomic E-state index is -4.79. The molecule has 3 aromatic rings. The van der Waals surface area contributed by atoms with Crippen LogP contribution in [0.5, 0.6) is 5.88 Å². The van der Waals surface area contributed by atoms with E-state index in [-0.39, 0.29) is 78.9 Å². The van der Waals surface area contributed by atoms with Crippen molar-refractivity contribution < 1.29 is 49.0 Å². The van der Waals surface area contributed by atoms with Crippen LogP contribution in [0.4, 0.5) is 51.1 Å². The number of nitrogens with one attached hydrogen (secondary N) is 3. The van der Waals surface area contributed by atoms with Gasteiger partial charge in [-0.25, -0.2) is 18.2 Å². The van der Waals surface area contributed by atoms with E-state index in [1.165, 1.54) is 17.7 Å². The van der Waals surface area contributed by atoms with Crippen molar-refractivity contribution in [1.82, 2.24) is 25.2 Å². The zero-order valence-electron chi connectivity index (χ0n) is 25.1. The molecule has 254 valence electrons. The molecule has 2 heterocycles. The molecule has 1 aromatic carbocycles. The highest BCUT2D eigenvalue weighted by molar-refractivity contribution is 5.84. The van der Waals surface area contributed by atoms with Crippen molar-refractivity contribution in [3.63, 3.8) is 0 Å². The Balaban J connectivity index is 1.60. The molecule has 1 fully saturated rings. The highest BCUT2D eigenvalue weighted by Gasteiger charge is 2.41. The number of carbonyl (C=O) groups is 1. The number of hydrogen-bond donors (Lipinski definition) is 3.